The van der Waals surface area contributed by atoms with Gasteiger partial charge in [-0.15, -0.1) is 0 Å². The average molecular weight is 253 g/mol. The number of hydrogen-bond acceptors (Lipinski definition) is 4. The minimum absolute atomic E-state index is 0.109. The third kappa shape index (κ3) is 2.53. The molecule has 0 aromatic heterocycles. The van der Waals surface area contributed by atoms with E-state index >= 15 is 0 Å². The molecule has 0 atom stereocenters. The van der Waals surface area contributed by atoms with Crippen LogP contribution in [0.3, 0.4) is 0 Å². The number of rotatable bonds is 3. The number of aryl methyl sites for hydroxylation is 1. The lowest BCUT2D eigenvalue weighted by molar-refractivity contribution is -0.383. The molecular weight excluding hydrogens is 242 g/mol. The lowest BCUT2D eigenvalue weighted by Gasteiger charge is -2.10. The van der Waals surface area contributed by atoms with Gasteiger partial charge in [-0.05, 0) is 24.6 Å². The minimum atomic E-state index is -0.499. The number of anilines is 2. The van der Waals surface area contributed by atoms with Crippen LogP contribution in [0.25, 0.3) is 0 Å². The van der Waals surface area contributed by atoms with Crippen molar-refractivity contribution >= 4 is 17.1 Å². The summed E-state index contributed by atoms with van der Waals surface area (Å²) in [6, 6.07) is 13.8. The highest BCUT2D eigenvalue weighted by atomic mass is 16.6. The summed E-state index contributed by atoms with van der Waals surface area (Å²) in [4.78, 5) is 10.5. The Morgan fingerprint density at radius 3 is 2.58 bits per heavy atom. The summed E-state index contributed by atoms with van der Waals surface area (Å²) in [5, 5.41) is 23.1. The number of nitro groups is 1. The molecule has 0 spiro atoms. The summed E-state index contributed by atoms with van der Waals surface area (Å²) >= 11 is 0. The SMILES string of the molecule is Cc1ccccc1Nc1c(C#N)cccc1[N+](=O)[O-]. The summed E-state index contributed by atoms with van der Waals surface area (Å²) in [6.45, 7) is 1.89. The Labute approximate surface area is 110 Å². The van der Waals surface area contributed by atoms with Gasteiger partial charge in [-0.25, -0.2) is 0 Å². The second-order valence-electron chi connectivity index (χ2n) is 4.01. The van der Waals surface area contributed by atoms with Crippen molar-refractivity contribution in [2.45, 2.75) is 6.92 Å². The molecule has 5 heteroatoms. The second kappa shape index (κ2) is 5.19. The van der Waals surface area contributed by atoms with Crippen molar-refractivity contribution in [2.24, 2.45) is 0 Å². The Morgan fingerprint density at radius 2 is 1.95 bits per heavy atom. The molecule has 19 heavy (non-hydrogen) atoms. The zero-order valence-electron chi connectivity index (χ0n) is 10.3. The predicted octanol–water partition coefficient (Wildman–Crippen LogP) is 3.52. The topological polar surface area (TPSA) is 79.0 Å². The molecule has 5 nitrogen and oxygen atoms in total. The number of benzene rings is 2. The van der Waals surface area contributed by atoms with E-state index in [1.54, 1.807) is 6.07 Å². The van der Waals surface area contributed by atoms with Gasteiger partial charge in [0.05, 0.1) is 10.5 Å². The van der Waals surface area contributed by atoms with Crippen LogP contribution in [0, 0.1) is 28.4 Å². The molecule has 0 radical (unpaired) electrons. The zero-order valence-corrected chi connectivity index (χ0v) is 10.3. The molecule has 0 unspecified atom stereocenters. The summed E-state index contributed by atoms with van der Waals surface area (Å²) in [7, 11) is 0. The lowest BCUT2D eigenvalue weighted by atomic mass is 10.1. The standard InChI is InChI=1S/C14H11N3O2/c1-10-5-2-3-7-12(10)16-14-11(9-15)6-4-8-13(14)17(18)19/h2-8,16H,1H3. The van der Waals surface area contributed by atoms with Crippen molar-refractivity contribution in [3.8, 4) is 6.07 Å². The van der Waals surface area contributed by atoms with E-state index in [0.717, 1.165) is 11.3 Å². The van der Waals surface area contributed by atoms with E-state index in [1.807, 2.05) is 37.3 Å². The molecule has 0 fully saturated rings. The fourth-order valence-electron chi connectivity index (χ4n) is 1.76. The Bertz CT molecular complexity index is 675. The number of nitrogens with one attached hydrogen (secondary N) is 1. The van der Waals surface area contributed by atoms with Crippen molar-refractivity contribution in [1.29, 1.82) is 5.26 Å². The van der Waals surface area contributed by atoms with Gasteiger partial charge in [-0.1, -0.05) is 24.3 Å². The molecule has 0 aliphatic heterocycles. The molecular formula is C14H11N3O2. The molecule has 0 amide bonds. The van der Waals surface area contributed by atoms with Gasteiger partial charge < -0.3 is 5.32 Å². The van der Waals surface area contributed by atoms with Crippen LogP contribution < -0.4 is 5.32 Å². The van der Waals surface area contributed by atoms with Crippen molar-refractivity contribution in [3.05, 3.63) is 63.7 Å². The fourth-order valence-corrected chi connectivity index (χ4v) is 1.76. The van der Waals surface area contributed by atoms with E-state index < -0.39 is 4.92 Å². The lowest BCUT2D eigenvalue weighted by Crippen LogP contribution is -2.00. The average Bonchev–Trinajstić information content (AvgIpc) is 2.41. The second-order valence-corrected chi connectivity index (χ2v) is 4.01. The first kappa shape index (κ1) is 12.6. The molecule has 0 saturated heterocycles. The quantitative estimate of drug-likeness (QED) is 0.670. The van der Waals surface area contributed by atoms with E-state index in [-0.39, 0.29) is 16.9 Å². The molecule has 2 aromatic carbocycles. The predicted molar refractivity (Wildman–Crippen MR) is 72.3 cm³/mol. The summed E-state index contributed by atoms with van der Waals surface area (Å²) < 4.78 is 0. The van der Waals surface area contributed by atoms with Crippen LogP contribution in [0.15, 0.2) is 42.5 Å². The number of nitriles is 1. The normalized spacial score (nSPS) is 9.68. The first-order valence-electron chi connectivity index (χ1n) is 5.63. The molecule has 2 rings (SSSR count). The van der Waals surface area contributed by atoms with E-state index in [4.69, 9.17) is 5.26 Å². The highest BCUT2D eigenvalue weighted by Gasteiger charge is 2.17. The molecule has 2 aromatic rings. The van der Waals surface area contributed by atoms with Crippen LogP contribution in [0.2, 0.25) is 0 Å². The largest absolute Gasteiger partial charge is 0.349 e. The highest BCUT2D eigenvalue weighted by molar-refractivity contribution is 5.76. The number of nitrogens with zero attached hydrogens (tertiary/aromatic N) is 2. The van der Waals surface area contributed by atoms with Crippen LogP contribution in [0.1, 0.15) is 11.1 Å². The maximum atomic E-state index is 11.0. The van der Waals surface area contributed by atoms with Crippen LogP contribution in [-0.2, 0) is 0 Å². The summed E-state index contributed by atoms with van der Waals surface area (Å²) in [5.74, 6) is 0. The Kier molecular flexibility index (Phi) is 3.44. The zero-order chi connectivity index (χ0) is 13.8. The maximum absolute atomic E-state index is 11.0. The number of nitro benzene ring substituents is 1. The van der Waals surface area contributed by atoms with Crippen molar-refractivity contribution in [2.75, 3.05) is 5.32 Å². The first-order chi connectivity index (χ1) is 9.13. The van der Waals surface area contributed by atoms with Crippen LogP contribution >= 0.6 is 0 Å². The molecule has 0 saturated carbocycles. The molecule has 0 bridgehead atoms. The number of hydrogen-bond donors (Lipinski definition) is 1. The maximum Gasteiger partial charge on any atom is 0.294 e. The van der Waals surface area contributed by atoms with Gasteiger partial charge in [0, 0.05) is 11.8 Å². The van der Waals surface area contributed by atoms with E-state index in [2.05, 4.69) is 5.32 Å². The first-order valence-corrected chi connectivity index (χ1v) is 5.63. The van der Waals surface area contributed by atoms with Crippen molar-refractivity contribution in [1.82, 2.24) is 0 Å². The number of para-hydroxylation sites is 2. The summed E-state index contributed by atoms with van der Waals surface area (Å²) in [6.07, 6.45) is 0. The third-order valence-corrected chi connectivity index (χ3v) is 2.76. The van der Waals surface area contributed by atoms with Crippen molar-refractivity contribution in [3.63, 3.8) is 0 Å². The molecule has 1 N–H and O–H groups in total. The van der Waals surface area contributed by atoms with Gasteiger partial charge in [0.1, 0.15) is 11.8 Å². The van der Waals surface area contributed by atoms with Crippen LogP contribution in [0.5, 0.6) is 0 Å². The van der Waals surface area contributed by atoms with Gasteiger partial charge in [-0.2, -0.15) is 5.26 Å². The minimum Gasteiger partial charge on any atom is -0.349 e. The monoisotopic (exact) mass is 253 g/mol. The van der Waals surface area contributed by atoms with Gasteiger partial charge in [0.15, 0.2) is 0 Å². The highest BCUT2D eigenvalue weighted by Crippen LogP contribution is 2.31. The van der Waals surface area contributed by atoms with Crippen molar-refractivity contribution < 1.29 is 4.92 Å². The van der Waals surface area contributed by atoms with Crippen LogP contribution in [0.4, 0.5) is 17.1 Å². The molecule has 0 aliphatic carbocycles. The van der Waals surface area contributed by atoms with Gasteiger partial charge in [0.2, 0.25) is 0 Å². The Morgan fingerprint density at radius 1 is 1.21 bits per heavy atom. The molecule has 94 valence electrons. The molecule has 0 heterocycles. The van der Waals surface area contributed by atoms with Gasteiger partial charge in [-0.3, -0.25) is 10.1 Å². The van der Waals surface area contributed by atoms with E-state index in [9.17, 15) is 10.1 Å². The van der Waals surface area contributed by atoms with Crippen LogP contribution in [-0.4, -0.2) is 4.92 Å². The van der Waals surface area contributed by atoms with E-state index in [0.29, 0.717) is 0 Å². The fraction of sp³-hybridized carbons (Fsp3) is 0.0714. The summed E-state index contributed by atoms with van der Waals surface area (Å²) in [5.41, 5.74) is 2.06. The Balaban J connectivity index is 2.53. The van der Waals surface area contributed by atoms with Gasteiger partial charge >= 0.3 is 0 Å². The third-order valence-electron chi connectivity index (χ3n) is 2.76. The molecule has 0 aliphatic rings. The van der Waals surface area contributed by atoms with Gasteiger partial charge in [0.25, 0.3) is 5.69 Å². The Hall–Kier alpha value is -2.87. The van der Waals surface area contributed by atoms with E-state index in [1.165, 1.54) is 12.1 Å². The smallest absolute Gasteiger partial charge is 0.294 e.